The Labute approximate surface area is 80.7 Å². The molecule has 1 aromatic heterocycles. The van der Waals surface area contributed by atoms with Gasteiger partial charge in [0.05, 0.1) is 5.52 Å². The summed E-state index contributed by atoms with van der Waals surface area (Å²) in [5.74, 6) is -0.359. The van der Waals surface area contributed by atoms with Gasteiger partial charge in [0.25, 0.3) is 0 Å². The number of oxazole rings is 1. The lowest BCUT2D eigenvalue weighted by molar-refractivity contribution is 0.554. The molecule has 0 amide bonds. The molecule has 14 heavy (non-hydrogen) atoms. The van der Waals surface area contributed by atoms with Crippen molar-refractivity contribution < 1.29 is 4.42 Å². The zero-order valence-electron chi connectivity index (χ0n) is 7.80. The van der Waals surface area contributed by atoms with Crippen LogP contribution in [-0.4, -0.2) is 4.98 Å². The van der Waals surface area contributed by atoms with Crippen molar-refractivity contribution in [3.8, 4) is 0 Å². The third-order valence-electron chi connectivity index (χ3n) is 2.88. The largest absolute Gasteiger partial charge is 0.417 e. The molecule has 0 fully saturated rings. The van der Waals surface area contributed by atoms with Crippen LogP contribution in [0.4, 0.5) is 0 Å². The lowest BCUT2D eigenvalue weighted by atomic mass is 9.91. The van der Waals surface area contributed by atoms with Crippen LogP contribution < -0.4 is 5.76 Å². The number of benzene rings is 1. The van der Waals surface area contributed by atoms with E-state index in [0.717, 1.165) is 18.4 Å². The third kappa shape index (κ3) is 1.09. The predicted octanol–water partition coefficient (Wildman–Crippen LogP) is 2.00. The second-order valence-corrected chi connectivity index (χ2v) is 3.84. The molecule has 0 unspecified atom stereocenters. The summed E-state index contributed by atoms with van der Waals surface area (Å²) in [6.45, 7) is 0. The molecule has 1 aromatic carbocycles. The molecule has 0 aliphatic heterocycles. The number of hydrogen-bond acceptors (Lipinski definition) is 2. The summed E-state index contributed by atoms with van der Waals surface area (Å²) in [7, 11) is 0. The van der Waals surface area contributed by atoms with Gasteiger partial charge >= 0.3 is 5.76 Å². The second kappa shape index (κ2) is 2.74. The first-order valence-corrected chi connectivity index (χ1v) is 4.97. The van der Waals surface area contributed by atoms with Gasteiger partial charge in [-0.05, 0) is 48.9 Å². The van der Waals surface area contributed by atoms with Gasteiger partial charge < -0.3 is 4.42 Å². The van der Waals surface area contributed by atoms with E-state index in [0.29, 0.717) is 5.58 Å². The Morgan fingerprint density at radius 3 is 2.64 bits per heavy atom. The van der Waals surface area contributed by atoms with Crippen molar-refractivity contribution in [3.63, 3.8) is 0 Å². The first-order valence-electron chi connectivity index (χ1n) is 4.97. The molecule has 0 radical (unpaired) electrons. The Kier molecular flexibility index (Phi) is 1.54. The Morgan fingerprint density at radius 1 is 1.14 bits per heavy atom. The minimum Gasteiger partial charge on any atom is -0.408 e. The molecular weight excluding hydrogens is 178 g/mol. The fourth-order valence-corrected chi connectivity index (χ4v) is 2.18. The van der Waals surface area contributed by atoms with E-state index in [2.05, 4.69) is 11.1 Å². The molecule has 2 aromatic rings. The van der Waals surface area contributed by atoms with Crippen LogP contribution in [0.2, 0.25) is 0 Å². The van der Waals surface area contributed by atoms with Crippen molar-refractivity contribution in [2.24, 2.45) is 0 Å². The zero-order valence-corrected chi connectivity index (χ0v) is 7.80. The van der Waals surface area contributed by atoms with Crippen LogP contribution in [0.1, 0.15) is 24.0 Å². The number of nitrogens with one attached hydrogen (secondary N) is 1. The van der Waals surface area contributed by atoms with E-state index in [-0.39, 0.29) is 5.76 Å². The minimum absolute atomic E-state index is 0.359. The van der Waals surface area contributed by atoms with Gasteiger partial charge in [-0.2, -0.15) is 0 Å². The van der Waals surface area contributed by atoms with Crippen molar-refractivity contribution >= 4 is 11.1 Å². The Bertz CT molecular complexity index is 490. The smallest absolute Gasteiger partial charge is 0.408 e. The molecule has 0 spiro atoms. The van der Waals surface area contributed by atoms with E-state index in [1.807, 2.05) is 6.07 Å². The molecular formula is C11H11NO2. The number of aromatic amines is 1. The Balaban J connectivity index is 2.31. The zero-order chi connectivity index (χ0) is 9.54. The molecule has 1 aliphatic carbocycles. The van der Waals surface area contributed by atoms with Crippen LogP contribution in [0.25, 0.3) is 11.1 Å². The highest BCUT2D eigenvalue weighted by Gasteiger charge is 2.12. The molecule has 1 heterocycles. The highest BCUT2D eigenvalue weighted by Crippen LogP contribution is 2.25. The molecule has 1 N–H and O–H groups in total. The van der Waals surface area contributed by atoms with Gasteiger partial charge in [-0.3, -0.25) is 4.98 Å². The number of rotatable bonds is 0. The van der Waals surface area contributed by atoms with Gasteiger partial charge in [0, 0.05) is 0 Å². The summed E-state index contributed by atoms with van der Waals surface area (Å²) >= 11 is 0. The average Bonchev–Trinajstić information content (AvgIpc) is 2.53. The maximum absolute atomic E-state index is 11.0. The van der Waals surface area contributed by atoms with Crippen molar-refractivity contribution in [3.05, 3.63) is 33.8 Å². The van der Waals surface area contributed by atoms with Crippen LogP contribution >= 0.6 is 0 Å². The molecule has 0 bridgehead atoms. The normalized spacial score (nSPS) is 15.7. The van der Waals surface area contributed by atoms with Gasteiger partial charge in [-0.25, -0.2) is 4.79 Å². The highest BCUT2D eigenvalue weighted by atomic mass is 16.4. The number of fused-ring (bicyclic) bond motifs is 2. The number of aryl methyl sites for hydroxylation is 2. The fraction of sp³-hybridized carbons (Fsp3) is 0.364. The van der Waals surface area contributed by atoms with Crippen LogP contribution in [0.15, 0.2) is 21.3 Å². The maximum atomic E-state index is 11.0. The van der Waals surface area contributed by atoms with Gasteiger partial charge in [-0.1, -0.05) is 0 Å². The summed E-state index contributed by atoms with van der Waals surface area (Å²) < 4.78 is 5.02. The number of H-pyrrole nitrogens is 1. The lowest BCUT2D eigenvalue weighted by Gasteiger charge is -2.14. The predicted molar refractivity (Wildman–Crippen MR) is 53.5 cm³/mol. The average molecular weight is 189 g/mol. The summed E-state index contributed by atoms with van der Waals surface area (Å²) in [5.41, 5.74) is 4.22. The van der Waals surface area contributed by atoms with Crippen LogP contribution in [-0.2, 0) is 12.8 Å². The van der Waals surface area contributed by atoms with E-state index >= 15 is 0 Å². The molecule has 3 heteroatoms. The summed E-state index contributed by atoms with van der Waals surface area (Å²) in [5, 5.41) is 0. The van der Waals surface area contributed by atoms with Crippen molar-refractivity contribution in [1.29, 1.82) is 0 Å². The van der Waals surface area contributed by atoms with Crippen LogP contribution in [0, 0.1) is 0 Å². The van der Waals surface area contributed by atoms with Crippen molar-refractivity contribution in [2.75, 3.05) is 0 Å². The molecule has 1 aliphatic rings. The summed E-state index contributed by atoms with van der Waals surface area (Å²) in [4.78, 5) is 13.7. The quantitative estimate of drug-likeness (QED) is 0.689. The fourth-order valence-electron chi connectivity index (χ4n) is 2.18. The maximum Gasteiger partial charge on any atom is 0.417 e. The van der Waals surface area contributed by atoms with E-state index in [1.165, 1.54) is 24.0 Å². The Hall–Kier alpha value is -1.51. The lowest BCUT2D eigenvalue weighted by Crippen LogP contribution is -2.01. The Morgan fingerprint density at radius 2 is 1.86 bits per heavy atom. The monoisotopic (exact) mass is 189 g/mol. The first kappa shape index (κ1) is 7.85. The van der Waals surface area contributed by atoms with E-state index in [4.69, 9.17) is 4.42 Å². The molecule has 0 saturated heterocycles. The number of aromatic nitrogens is 1. The molecule has 72 valence electrons. The molecule has 3 nitrogen and oxygen atoms in total. The molecule has 0 saturated carbocycles. The first-order chi connectivity index (χ1) is 6.83. The summed E-state index contributed by atoms with van der Waals surface area (Å²) in [6, 6.07) is 4.05. The minimum atomic E-state index is -0.359. The van der Waals surface area contributed by atoms with E-state index in [1.54, 1.807) is 0 Å². The van der Waals surface area contributed by atoms with Crippen LogP contribution in [0.3, 0.4) is 0 Å². The van der Waals surface area contributed by atoms with Gasteiger partial charge in [0.1, 0.15) is 0 Å². The standard InChI is InChI=1S/C11H11NO2/c13-11-12-9-5-7-3-1-2-4-8(7)6-10(9)14-11/h5-6H,1-4H2,(H,12,13). The van der Waals surface area contributed by atoms with Gasteiger partial charge in [-0.15, -0.1) is 0 Å². The van der Waals surface area contributed by atoms with Gasteiger partial charge in [0.15, 0.2) is 5.58 Å². The van der Waals surface area contributed by atoms with E-state index in [9.17, 15) is 4.79 Å². The third-order valence-corrected chi connectivity index (χ3v) is 2.88. The topological polar surface area (TPSA) is 46.0 Å². The van der Waals surface area contributed by atoms with Crippen molar-refractivity contribution in [1.82, 2.24) is 4.98 Å². The second-order valence-electron chi connectivity index (χ2n) is 3.84. The highest BCUT2D eigenvalue weighted by molar-refractivity contribution is 5.74. The summed E-state index contributed by atoms with van der Waals surface area (Å²) in [6.07, 6.45) is 4.73. The van der Waals surface area contributed by atoms with Crippen molar-refractivity contribution in [2.45, 2.75) is 25.7 Å². The van der Waals surface area contributed by atoms with E-state index < -0.39 is 0 Å². The SMILES string of the molecule is O=c1[nH]c2cc3c(cc2o1)CCCC3. The number of hydrogen-bond donors (Lipinski definition) is 1. The van der Waals surface area contributed by atoms with Crippen LogP contribution in [0.5, 0.6) is 0 Å². The molecule has 3 rings (SSSR count). The van der Waals surface area contributed by atoms with Gasteiger partial charge in [0.2, 0.25) is 0 Å². The molecule has 0 atom stereocenters.